The molecule has 1 aliphatic heterocycles. The lowest BCUT2D eigenvalue weighted by atomic mass is 10.1. The van der Waals surface area contributed by atoms with Crippen LogP contribution in [0.1, 0.15) is 29.8 Å². The van der Waals surface area contributed by atoms with E-state index in [1.165, 1.54) is 0 Å². The average Bonchev–Trinajstić information content (AvgIpc) is 2.45. The first kappa shape index (κ1) is 15.6. The molecule has 2 rings (SSSR count). The number of amides is 1. The molecule has 0 aromatic heterocycles. The van der Waals surface area contributed by atoms with Crippen molar-refractivity contribution in [3.05, 3.63) is 23.3 Å². The van der Waals surface area contributed by atoms with Crippen molar-refractivity contribution in [3.8, 4) is 11.5 Å². The first-order chi connectivity index (χ1) is 9.96. The molecule has 1 aromatic carbocycles. The summed E-state index contributed by atoms with van der Waals surface area (Å²) in [6.07, 6.45) is 0. The zero-order valence-electron chi connectivity index (χ0n) is 13.4. The lowest BCUT2D eigenvalue weighted by Gasteiger charge is -2.36. The molecule has 116 valence electrons. The van der Waals surface area contributed by atoms with Gasteiger partial charge in [-0.05, 0) is 32.9 Å². The Bertz CT molecular complexity index is 495. The van der Waals surface area contributed by atoms with Crippen LogP contribution in [0.3, 0.4) is 0 Å². The first-order valence-corrected chi connectivity index (χ1v) is 7.24. The molecule has 21 heavy (non-hydrogen) atoms. The highest BCUT2D eigenvalue weighted by Gasteiger charge is 2.26. The van der Waals surface area contributed by atoms with Gasteiger partial charge in [-0.2, -0.15) is 0 Å². The van der Waals surface area contributed by atoms with E-state index in [0.29, 0.717) is 42.2 Å². The van der Waals surface area contributed by atoms with Crippen molar-refractivity contribution in [2.24, 2.45) is 0 Å². The summed E-state index contributed by atoms with van der Waals surface area (Å²) in [5, 5.41) is 3.43. The number of nitrogens with zero attached hydrogens (tertiary/aromatic N) is 1. The van der Waals surface area contributed by atoms with Gasteiger partial charge in [-0.25, -0.2) is 0 Å². The molecule has 0 aliphatic carbocycles. The number of methoxy groups -OCH3 is 2. The van der Waals surface area contributed by atoms with E-state index in [-0.39, 0.29) is 5.91 Å². The Morgan fingerprint density at radius 1 is 1.14 bits per heavy atom. The Kier molecular flexibility index (Phi) is 4.73. The monoisotopic (exact) mass is 292 g/mol. The lowest BCUT2D eigenvalue weighted by Crippen LogP contribution is -2.55. The second-order valence-electron chi connectivity index (χ2n) is 5.68. The maximum atomic E-state index is 12.7. The third kappa shape index (κ3) is 3.29. The molecular formula is C16H24N2O3. The zero-order valence-corrected chi connectivity index (χ0v) is 13.4. The molecule has 0 spiro atoms. The van der Waals surface area contributed by atoms with Crippen LogP contribution in [0.25, 0.3) is 0 Å². The van der Waals surface area contributed by atoms with Crippen LogP contribution in [0.5, 0.6) is 11.5 Å². The number of benzene rings is 1. The molecule has 5 heteroatoms. The molecule has 5 nitrogen and oxygen atoms in total. The molecule has 1 N–H and O–H groups in total. The fraction of sp³-hybridized carbons (Fsp3) is 0.562. The second-order valence-corrected chi connectivity index (χ2v) is 5.68. The summed E-state index contributed by atoms with van der Waals surface area (Å²) in [5.41, 5.74) is 1.51. The van der Waals surface area contributed by atoms with Crippen molar-refractivity contribution in [2.45, 2.75) is 32.9 Å². The number of ether oxygens (including phenoxy) is 2. The molecule has 1 saturated heterocycles. The fourth-order valence-corrected chi connectivity index (χ4v) is 2.88. The van der Waals surface area contributed by atoms with Crippen molar-refractivity contribution >= 4 is 5.91 Å². The molecular weight excluding hydrogens is 268 g/mol. The maximum Gasteiger partial charge on any atom is 0.254 e. The van der Waals surface area contributed by atoms with Gasteiger partial charge in [0.25, 0.3) is 5.91 Å². The summed E-state index contributed by atoms with van der Waals surface area (Å²) in [6, 6.07) is 4.17. The van der Waals surface area contributed by atoms with Crippen LogP contribution in [-0.2, 0) is 0 Å². The van der Waals surface area contributed by atoms with Crippen molar-refractivity contribution in [1.82, 2.24) is 10.2 Å². The van der Waals surface area contributed by atoms with E-state index in [4.69, 9.17) is 9.47 Å². The van der Waals surface area contributed by atoms with Gasteiger partial charge in [-0.3, -0.25) is 4.79 Å². The minimum atomic E-state index is 0.0202. The number of hydrogen-bond acceptors (Lipinski definition) is 4. The highest BCUT2D eigenvalue weighted by molar-refractivity contribution is 5.95. The Morgan fingerprint density at radius 3 is 2.05 bits per heavy atom. The van der Waals surface area contributed by atoms with Gasteiger partial charge in [0.1, 0.15) is 11.5 Å². The Morgan fingerprint density at radius 2 is 1.62 bits per heavy atom. The van der Waals surface area contributed by atoms with Gasteiger partial charge in [0.15, 0.2) is 0 Å². The predicted molar refractivity (Wildman–Crippen MR) is 82.2 cm³/mol. The van der Waals surface area contributed by atoms with E-state index in [1.54, 1.807) is 26.4 Å². The van der Waals surface area contributed by atoms with Gasteiger partial charge in [-0.15, -0.1) is 0 Å². The number of hydrogen-bond donors (Lipinski definition) is 1. The van der Waals surface area contributed by atoms with Gasteiger partial charge in [0.05, 0.1) is 14.2 Å². The predicted octanol–water partition coefficient (Wildman–Crippen LogP) is 1.83. The van der Waals surface area contributed by atoms with E-state index in [0.717, 1.165) is 5.56 Å². The molecule has 0 bridgehead atoms. The Balaban J connectivity index is 2.30. The van der Waals surface area contributed by atoms with Crippen LogP contribution in [0, 0.1) is 6.92 Å². The van der Waals surface area contributed by atoms with Gasteiger partial charge in [-0.1, -0.05) is 0 Å². The highest BCUT2D eigenvalue weighted by atomic mass is 16.5. The van der Waals surface area contributed by atoms with Crippen LogP contribution >= 0.6 is 0 Å². The van der Waals surface area contributed by atoms with E-state index in [2.05, 4.69) is 19.2 Å². The molecule has 1 fully saturated rings. The van der Waals surface area contributed by atoms with E-state index < -0.39 is 0 Å². The van der Waals surface area contributed by atoms with Crippen molar-refractivity contribution in [1.29, 1.82) is 0 Å². The number of piperazine rings is 1. The second kappa shape index (κ2) is 6.35. The summed E-state index contributed by atoms with van der Waals surface area (Å²) in [5.74, 6) is 1.37. The van der Waals surface area contributed by atoms with Crippen molar-refractivity contribution in [3.63, 3.8) is 0 Å². The summed E-state index contributed by atoms with van der Waals surface area (Å²) in [4.78, 5) is 14.6. The Hall–Kier alpha value is -1.75. The van der Waals surface area contributed by atoms with Gasteiger partial charge >= 0.3 is 0 Å². The third-order valence-corrected chi connectivity index (χ3v) is 3.84. The summed E-state index contributed by atoms with van der Waals surface area (Å²) >= 11 is 0. The minimum Gasteiger partial charge on any atom is -0.496 e. The number of carbonyl (C=O) groups is 1. The fourth-order valence-electron chi connectivity index (χ4n) is 2.88. The zero-order chi connectivity index (χ0) is 15.6. The number of nitrogens with one attached hydrogen (secondary N) is 1. The molecule has 2 unspecified atom stereocenters. The molecule has 0 radical (unpaired) electrons. The molecule has 1 aromatic rings. The summed E-state index contributed by atoms with van der Waals surface area (Å²) in [6.45, 7) is 7.52. The van der Waals surface area contributed by atoms with Crippen molar-refractivity contribution in [2.75, 3.05) is 27.3 Å². The Labute approximate surface area is 126 Å². The third-order valence-electron chi connectivity index (χ3n) is 3.84. The smallest absolute Gasteiger partial charge is 0.254 e. The molecule has 2 atom stereocenters. The minimum absolute atomic E-state index is 0.0202. The van der Waals surface area contributed by atoms with Gasteiger partial charge in [0, 0.05) is 36.3 Å². The highest BCUT2D eigenvalue weighted by Crippen LogP contribution is 2.30. The summed E-state index contributed by atoms with van der Waals surface area (Å²) < 4.78 is 10.7. The molecule has 1 heterocycles. The van der Waals surface area contributed by atoms with Crippen molar-refractivity contribution < 1.29 is 14.3 Å². The first-order valence-electron chi connectivity index (χ1n) is 7.24. The largest absolute Gasteiger partial charge is 0.496 e. The average molecular weight is 292 g/mol. The van der Waals surface area contributed by atoms with E-state index in [9.17, 15) is 4.79 Å². The van der Waals surface area contributed by atoms with Gasteiger partial charge < -0.3 is 19.7 Å². The van der Waals surface area contributed by atoms with Crippen LogP contribution in [0.15, 0.2) is 12.1 Å². The standard InChI is InChI=1S/C16H24N2O3/c1-10-8-18(9-11(2)17-10)16(19)13-6-14(20-4)12(3)15(7-13)21-5/h6-7,10-11,17H,8-9H2,1-5H3. The van der Waals surface area contributed by atoms with Crippen LogP contribution in [-0.4, -0.2) is 50.2 Å². The number of carbonyl (C=O) groups excluding carboxylic acids is 1. The number of rotatable bonds is 3. The van der Waals surface area contributed by atoms with Crippen LogP contribution in [0.2, 0.25) is 0 Å². The maximum absolute atomic E-state index is 12.7. The van der Waals surface area contributed by atoms with Crippen LogP contribution in [0.4, 0.5) is 0 Å². The molecule has 0 saturated carbocycles. The van der Waals surface area contributed by atoms with E-state index >= 15 is 0 Å². The SMILES string of the molecule is COc1cc(C(=O)N2CC(C)NC(C)C2)cc(OC)c1C. The summed E-state index contributed by atoms with van der Waals surface area (Å²) in [7, 11) is 3.20. The van der Waals surface area contributed by atoms with E-state index in [1.807, 2.05) is 11.8 Å². The molecule has 1 aliphatic rings. The van der Waals surface area contributed by atoms with Gasteiger partial charge in [0.2, 0.25) is 0 Å². The molecule has 1 amide bonds. The lowest BCUT2D eigenvalue weighted by molar-refractivity contribution is 0.0673. The normalized spacial score (nSPS) is 22.0. The quantitative estimate of drug-likeness (QED) is 0.923. The van der Waals surface area contributed by atoms with Crippen LogP contribution < -0.4 is 14.8 Å². The topological polar surface area (TPSA) is 50.8 Å².